The molecule has 0 spiro atoms. The lowest BCUT2D eigenvalue weighted by molar-refractivity contribution is 0.302. The number of benzene rings is 1. The SMILES string of the molecule is CCOc1nc(Cl)nc(Oc2c(C)cc(Cl)cc2C)n1. The molecule has 0 amide bonds. The van der Waals surface area contributed by atoms with E-state index in [9.17, 15) is 0 Å². The van der Waals surface area contributed by atoms with Crippen LogP contribution in [-0.2, 0) is 0 Å². The molecular formula is C13H13Cl2N3O2. The van der Waals surface area contributed by atoms with Crippen LogP contribution in [-0.4, -0.2) is 21.6 Å². The topological polar surface area (TPSA) is 57.1 Å². The van der Waals surface area contributed by atoms with Gasteiger partial charge in [-0.1, -0.05) is 11.6 Å². The summed E-state index contributed by atoms with van der Waals surface area (Å²) in [6.07, 6.45) is 0. The molecule has 0 bridgehead atoms. The van der Waals surface area contributed by atoms with E-state index in [0.29, 0.717) is 17.4 Å². The van der Waals surface area contributed by atoms with Gasteiger partial charge in [-0.25, -0.2) is 0 Å². The standard InChI is InChI=1S/C13H13Cl2N3O2/c1-4-19-12-16-11(15)17-13(18-12)20-10-7(2)5-9(14)6-8(10)3/h5-6H,4H2,1-3H3. The highest BCUT2D eigenvalue weighted by molar-refractivity contribution is 6.30. The Morgan fingerprint density at radius 1 is 1.00 bits per heavy atom. The summed E-state index contributed by atoms with van der Waals surface area (Å²) >= 11 is 11.8. The van der Waals surface area contributed by atoms with Gasteiger partial charge < -0.3 is 9.47 Å². The minimum absolute atomic E-state index is 0.0164. The van der Waals surface area contributed by atoms with Gasteiger partial charge in [-0.3, -0.25) is 0 Å². The van der Waals surface area contributed by atoms with Gasteiger partial charge in [0, 0.05) is 5.02 Å². The Kier molecular flexibility index (Phi) is 4.62. The lowest BCUT2D eigenvalue weighted by Crippen LogP contribution is -2.02. The van der Waals surface area contributed by atoms with Gasteiger partial charge in [0.15, 0.2) is 0 Å². The molecule has 20 heavy (non-hydrogen) atoms. The molecule has 0 unspecified atom stereocenters. The molecule has 0 fully saturated rings. The van der Waals surface area contributed by atoms with Crippen LogP contribution in [0.4, 0.5) is 0 Å². The maximum atomic E-state index is 5.98. The summed E-state index contributed by atoms with van der Waals surface area (Å²) in [7, 11) is 0. The zero-order valence-corrected chi connectivity index (χ0v) is 12.8. The number of ether oxygens (including phenoxy) is 2. The normalized spacial score (nSPS) is 10.4. The van der Waals surface area contributed by atoms with Crippen molar-refractivity contribution in [1.29, 1.82) is 0 Å². The minimum atomic E-state index is 0.0164. The second-order valence-corrected chi connectivity index (χ2v) is 4.85. The number of halogens is 2. The fourth-order valence-corrected chi connectivity index (χ4v) is 2.18. The average Bonchev–Trinajstić information content (AvgIpc) is 2.33. The van der Waals surface area contributed by atoms with Crippen molar-refractivity contribution in [3.05, 3.63) is 33.6 Å². The van der Waals surface area contributed by atoms with Gasteiger partial charge >= 0.3 is 12.0 Å². The summed E-state index contributed by atoms with van der Waals surface area (Å²) in [5.74, 6) is 0.638. The summed E-state index contributed by atoms with van der Waals surface area (Å²) in [5, 5.41) is 0.666. The number of hydrogen-bond acceptors (Lipinski definition) is 5. The first kappa shape index (κ1) is 14.8. The second kappa shape index (κ2) is 6.24. The van der Waals surface area contributed by atoms with Gasteiger partial charge in [-0.05, 0) is 55.6 Å². The molecule has 1 heterocycles. The van der Waals surface area contributed by atoms with Crippen LogP contribution in [0, 0.1) is 13.8 Å². The number of hydrogen-bond donors (Lipinski definition) is 0. The summed E-state index contributed by atoms with van der Waals surface area (Å²) in [4.78, 5) is 11.8. The molecule has 0 aliphatic carbocycles. The van der Waals surface area contributed by atoms with Gasteiger partial charge in [0.2, 0.25) is 5.28 Å². The van der Waals surface area contributed by atoms with Crippen molar-refractivity contribution in [2.45, 2.75) is 20.8 Å². The summed E-state index contributed by atoms with van der Waals surface area (Å²) in [6, 6.07) is 3.82. The Morgan fingerprint density at radius 3 is 2.20 bits per heavy atom. The molecular weight excluding hydrogens is 301 g/mol. The first-order valence-corrected chi connectivity index (χ1v) is 6.74. The third-order valence-electron chi connectivity index (χ3n) is 2.46. The molecule has 0 N–H and O–H groups in total. The molecule has 0 aliphatic heterocycles. The van der Waals surface area contributed by atoms with E-state index in [4.69, 9.17) is 32.7 Å². The van der Waals surface area contributed by atoms with Gasteiger partial charge in [0.05, 0.1) is 6.61 Å². The number of nitrogens with zero attached hydrogens (tertiary/aromatic N) is 3. The van der Waals surface area contributed by atoms with E-state index in [1.165, 1.54) is 0 Å². The van der Waals surface area contributed by atoms with Crippen LogP contribution in [0.1, 0.15) is 18.1 Å². The van der Waals surface area contributed by atoms with Gasteiger partial charge in [0.25, 0.3) is 0 Å². The van der Waals surface area contributed by atoms with E-state index in [2.05, 4.69) is 15.0 Å². The molecule has 1 aromatic carbocycles. The first-order valence-electron chi connectivity index (χ1n) is 5.98. The van der Waals surface area contributed by atoms with Crippen LogP contribution in [0.25, 0.3) is 0 Å². The van der Waals surface area contributed by atoms with Crippen LogP contribution in [0.2, 0.25) is 10.3 Å². The zero-order valence-electron chi connectivity index (χ0n) is 11.3. The fourth-order valence-electron chi connectivity index (χ4n) is 1.70. The minimum Gasteiger partial charge on any atom is -0.464 e. The third kappa shape index (κ3) is 3.49. The van der Waals surface area contributed by atoms with Crippen LogP contribution >= 0.6 is 23.2 Å². The molecule has 106 valence electrons. The molecule has 0 saturated heterocycles. The number of aromatic nitrogens is 3. The van der Waals surface area contributed by atoms with E-state index in [0.717, 1.165) is 11.1 Å². The fraction of sp³-hybridized carbons (Fsp3) is 0.308. The molecule has 0 aliphatic rings. The molecule has 0 saturated carbocycles. The van der Waals surface area contributed by atoms with Crippen molar-refractivity contribution < 1.29 is 9.47 Å². The lowest BCUT2D eigenvalue weighted by atomic mass is 10.1. The quantitative estimate of drug-likeness (QED) is 0.854. The molecule has 0 atom stereocenters. The third-order valence-corrected chi connectivity index (χ3v) is 2.85. The first-order chi connectivity index (χ1) is 9.49. The molecule has 1 aromatic heterocycles. The predicted molar refractivity (Wildman–Crippen MR) is 77.0 cm³/mol. The van der Waals surface area contributed by atoms with E-state index in [1.807, 2.05) is 20.8 Å². The van der Waals surface area contributed by atoms with Gasteiger partial charge in [-0.15, -0.1) is 4.98 Å². The lowest BCUT2D eigenvalue weighted by Gasteiger charge is -2.11. The molecule has 7 heteroatoms. The largest absolute Gasteiger partial charge is 0.464 e. The molecule has 2 rings (SSSR count). The van der Waals surface area contributed by atoms with Crippen molar-refractivity contribution in [1.82, 2.24) is 15.0 Å². The highest BCUT2D eigenvalue weighted by atomic mass is 35.5. The van der Waals surface area contributed by atoms with Gasteiger partial charge in [-0.2, -0.15) is 9.97 Å². The van der Waals surface area contributed by atoms with Crippen LogP contribution in [0.5, 0.6) is 17.8 Å². The van der Waals surface area contributed by atoms with E-state index >= 15 is 0 Å². The maximum Gasteiger partial charge on any atom is 0.329 e. The van der Waals surface area contributed by atoms with Crippen molar-refractivity contribution >= 4 is 23.2 Å². The Bertz CT molecular complexity index is 612. The van der Waals surface area contributed by atoms with Gasteiger partial charge in [0.1, 0.15) is 5.75 Å². The second-order valence-electron chi connectivity index (χ2n) is 4.07. The van der Waals surface area contributed by atoms with Crippen LogP contribution < -0.4 is 9.47 Å². The Balaban J connectivity index is 2.35. The smallest absolute Gasteiger partial charge is 0.329 e. The van der Waals surface area contributed by atoms with Crippen LogP contribution in [0.15, 0.2) is 12.1 Å². The summed E-state index contributed by atoms with van der Waals surface area (Å²) in [5.41, 5.74) is 1.76. The van der Waals surface area contributed by atoms with Crippen molar-refractivity contribution in [2.24, 2.45) is 0 Å². The maximum absolute atomic E-state index is 5.98. The zero-order chi connectivity index (χ0) is 14.7. The summed E-state index contributed by atoms with van der Waals surface area (Å²) in [6.45, 7) is 6.03. The van der Waals surface area contributed by atoms with E-state index < -0.39 is 0 Å². The Morgan fingerprint density at radius 2 is 1.60 bits per heavy atom. The molecule has 2 aromatic rings. The predicted octanol–water partition coefficient (Wildman–Crippen LogP) is 3.99. The molecule has 0 radical (unpaired) electrons. The van der Waals surface area contributed by atoms with Crippen molar-refractivity contribution in [2.75, 3.05) is 6.61 Å². The highest BCUT2D eigenvalue weighted by Gasteiger charge is 2.12. The van der Waals surface area contributed by atoms with E-state index in [1.54, 1.807) is 12.1 Å². The monoisotopic (exact) mass is 313 g/mol. The van der Waals surface area contributed by atoms with Crippen molar-refractivity contribution in [3.8, 4) is 17.8 Å². The van der Waals surface area contributed by atoms with E-state index in [-0.39, 0.29) is 17.3 Å². The number of rotatable bonds is 4. The average molecular weight is 314 g/mol. The highest BCUT2D eigenvalue weighted by Crippen LogP contribution is 2.30. The number of aryl methyl sites for hydroxylation is 2. The Hall–Kier alpha value is -1.59. The van der Waals surface area contributed by atoms with Crippen LogP contribution in [0.3, 0.4) is 0 Å². The Labute approximate surface area is 126 Å². The summed E-state index contributed by atoms with van der Waals surface area (Å²) < 4.78 is 10.9. The molecule has 5 nitrogen and oxygen atoms in total. The van der Waals surface area contributed by atoms with Crippen molar-refractivity contribution in [3.63, 3.8) is 0 Å².